The minimum Gasteiger partial charge on any atom is -0.466 e. The van der Waals surface area contributed by atoms with E-state index < -0.39 is 0 Å². The van der Waals surface area contributed by atoms with Gasteiger partial charge in [-0.25, -0.2) is 4.79 Å². The number of rotatable bonds is 11. The van der Waals surface area contributed by atoms with Crippen LogP contribution in [0.2, 0.25) is 0 Å². The van der Waals surface area contributed by atoms with Gasteiger partial charge in [-0.1, -0.05) is 97.1 Å². The first kappa shape index (κ1) is 32.7. The van der Waals surface area contributed by atoms with E-state index in [0.29, 0.717) is 41.2 Å². The number of ether oxygens (including phenoxy) is 1. The van der Waals surface area contributed by atoms with Crippen molar-refractivity contribution < 1.29 is 19.1 Å². The molecule has 0 radical (unpaired) electrons. The van der Waals surface area contributed by atoms with Gasteiger partial charge in [0.15, 0.2) is 5.78 Å². The first-order valence-electron chi connectivity index (χ1n) is 16.3. The number of benzene rings is 6. The number of fused-ring (bicyclic) bond motifs is 1. The van der Waals surface area contributed by atoms with Crippen molar-refractivity contribution in [2.24, 2.45) is 0 Å². The summed E-state index contributed by atoms with van der Waals surface area (Å²) in [5, 5.41) is 8.69. The van der Waals surface area contributed by atoms with Crippen LogP contribution in [-0.2, 0) is 16.0 Å². The number of nitrogens with one attached hydrogen (secondary N) is 2. The molecule has 0 atom stereocenters. The molecule has 0 fully saturated rings. The first-order chi connectivity index (χ1) is 23.9. The van der Waals surface area contributed by atoms with Crippen LogP contribution < -0.4 is 15.5 Å². The predicted molar refractivity (Wildman–Crippen MR) is 198 cm³/mol. The van der Waals surface area contributed by atoms with Crippen LogP contribution in [0, 0.1) is 0 Å². The Hall–Kier alpha value is -6.21. The molecule has 0 aliphatic heterocycles. The molecular formula is C42H37N3O4. The van der Waals surface area contributed by atoms with E-state index in [1.54, 1.807) is 31.0 Å². The fraction of sp³-hybridized carbons (Fsp3) is 0.119. The number of anilines is 4. The summed E-state index contributed by atoms with van der Waals surface area (Å²) in [6, 6.07) is 43.9. The topological polar surface area (TPSA) is 87.7 Å². The van der Waals surface area contributed by atoms with Crippen molar-refractivity contribution in [2.75, 3.05) is 29.2 Å². The average Bonchev–Trinajstić information content (AvgIpc) is 3.14. The monoisotopic (exact) mass is 647 g/mol. The van der Waals surface area contributed by atoms with Gasteiger partial charge in [-0.2, -0.15) is 0 Å². The molecule has 0 saturated carbocycles. The SMILES string of the molecule is CCOC(=O)CCc1ccc(-c2cccc(N(C)C(=O)Nc3ccc4ccccc4c3)c2)c(Nc2ccccc2C(=O)c2ccccc2)c1. The van der Waals surface area contributed by atoms with E-state index in [1.807, 2.05) is 127 Å². The Bertz CT molecular complexity index is 2130. The minimum absolute atomic E-state index is 0.0928. The van der Waals surface area contributed by atoms with E-state index in [-0.39, 0.29) is 24.2 Å². The van der Waals surface area contributed by atoms with Gasteiger partial charge in [0.2, 0.25) is 0 Å². The molecule has 0 aromatic heterocycles. The number of para-hydroxylation sites is 1. The second kappa shape index (κ2) is 15.1. The lowest BCUT2D eigenvalue weighted by Gasteiger charge is -2.20. The number of urea groups is 1. The van der Waals surface area contributed by atoms with Crippen LogP contribution in [0.3, 0.4) is 0 Å². The first-order valence-corrected chi connectivity index (χ1v) is 16.3. The van der Waals surface area contributed by atoms with Crippen LogP contribution in [0.15, 0.2) is 140 Å². The molecule has 6 aromatic rings. The van der Waals surface area contributed by atoms with Crippen LogP contribution in [0.1, 0.15) is 34.8 Å². The zero-order chi connectivity index (χ0) is 34.2. The summed E-state index contributed by atoms with van der Waals surface area (Å²) in [4.78, 5) is 40.7. The summed E-state index contributed by atoms with van der Waals surface area (Å²) in [5.41, 5.74) is 6.63. The second-order valence-corrected chi connectivity index (χ2v) is 11.7. The summed E-state index contributed by atoms with van der Waals surface area (Å²) in [5.74, 6) is -0.345. The molecule has 0 unspecified atom stereocenters. The van der Waals surface area contributed by atoms with Gasteiger partial charge >= 0.3 is 12.0 Å². The normalized spacial score (nSPS) is 10.7. The standard InChI is InChI=1S/C42H37N3O4/c1-3-49-40(46)25-21-29-20-24-36(39(26-29)44-38-19-10-9-18-37(38)41(47)31-13-5-4-6-14-31)33-16-11-17-35(28-33)45(2)42(48)43-34-23-22-30-12-7-8-15-32(30)27-34/h4-20,22-24,26-28,44H,3,21,25H2,1-2H3,(H,43,48). The Morgan fingerprint density at radius 3 is 2.27 bits per heavy atom. The number of esters is 1. The molecule has 2 N–H and O–H groups in total. The van der Waals surface area contributed by atoms with E-state index in [1.165, 1.54) is 0 Å². The number of ketones is 1. The fourth-order valence-corrected chi connectivity index (χ4v) is 5.74. The summed E-state index contributed by atoms with van der Waals surface area (Å²) < 4.78 is 5.15. The van der Waals surface area contributed by atoms with Crippen molar-refractivity contribution >= 4 is 51.3 Å². The lowest BCUT2D eigenvalue weighted by atomic mass is 9.97. The van der Waals surface area contributed by atoms with Crippen LogP contribution in [0.5, 0.6) is 0 Å². The van der Waals surface area contributed by atoms with Gasteiger partial charge in [-0.15, -0.1) is 0 Å². The van der Waals surface area contributed by atoms with Gasteiger partial charge in [0, 0.05) is 52.9 Å². The Morgan fingerprint density at radius 1 is 0.694 bits per heavy atom. The lowest BCUT2D eigenvalue weighted by molar-refractivity contribution is -0.143. The molecule has 7 heteroatoms. The third kappa shape index (κ3) is 7.85. The van der Waals surface area contributed by atoms with Gasteiger partial charge < -0.3 is 15.4 Å². The zero-order valence-corrected chi connectivity index (χ0v) is 27.5. The average molecular weight is 648 g/mol. The molecule has 244 valence electrons. The number of amides is 2. The molecule has 0 aliphatic rings. The molecule has 0 bridgehead atoms. The summed E-state index contributed by atoms with van der Waals surface area (Å²) >= 11 is 0. The maximum absolute atomic E-state index is 13.6. The molecule has 0 spiro atoms. The fourth-order valence-electron chi connectivity index (χ4n) is 5.74. The van der Waals surface area contributed by atoms with Crippen molar-refractivity contribution in [3.63, 3.8) is 0 Å². The summed E-state index contributed by atoms with van der Waals surface area (Å²) in [6.45, 7) is 2.13. The highest BCUT2D eigenvalue weighted by Crippen LogP contribution is 2.35. The molecule has 0 aliphatic carbocycles. The van der Waals surface area contributed by atoms with Gasteiger partial charge in [-0.3, -0.25) is 14.5 Å². The molecule has 6 rings (SSSR count). The van der Waals surface area contributed by atoms with Crippen molar-refractivity contribution in [1.29, 1.82) is 0 Å². The van der Waals surface area contributed by atoms with Gasteiger partial charge in [-0.05, 0) is 77.7 Å². The van der Waals surface area contributed by atoms with E-state index in [0.717, 1.165) is 33.2 Å². The maximum Gasteiger partial charge on any atom is 0.326 e. The summed E-state index contributed by atoms with van der Waals surface area (Å²) in [7, 11) is 1.73. The number of carbonyl (C=O) groups is 3. The number of hydrogen-bond donors (Lipinski definition) is 2. The Labute approximate surface area is 286 Å². The maximum atomic E-state index is 13.6. The van der Waals surface area contributed by atoms with Crippen LogP contribution in [0.25, 0.3) is 21.9 Å². The number of carbonyl (C=O) groups excluding carboxylic acids is 3. The highest BCUT2D eigenvalue weighted by molar-refractivity contribution is 6.13. The minimum atomic E-state index is -0.270. The number of hydrogen-bond acceptors (Lipinski definition) is 5. The molecule has 0 saturated heterocycles. The van der Waals surface area contributed by atoms with E-state index in [2.05, 4.69) is 10.6 Å². The van der Waals surface area contributed by atoms with Crippen molar-refractivity contribution in [3.05, 3.63) is 156 Å². The largest absolute Gasteiger partial charge is 0.466 e. The highest BCUT2D eigenvalue weighted by Gasteiger charge is 2.17. The predicted octanol–water partition coefficient (Wildman–Crippen LogP) is 9.65. The zero-order valence-electron chi connectivity index (χ0n) is 27.5. The van der Waals surface area contributed by atoms with Gasteiger partial charge in [0.1, 0.15) is 0 Å². The number of aryl methyl sites for hydroxylation is 1. The van der Waals surface area contributed by atoms with Gasteiger partial charge in [0.25, 0.3) is 0 Å². The van der Waals surface area contributed by atoms with Crippen molar-refractivity contribution in [2.45, 2.75) is 19.8 Å². The molecule has 6 aromatic carbocycles. The molecule has 2 amide bonds. The lowest BCUT2D eigenvalue weighted by Crippen LogP contribution is -2.31. The van der Waals surface area contributed by atoms with E-state index in [9.17, 15) is 14.4 Å². The molecular weight excluding hydrogens is 610 g/mol. The Kier molecular flexibility index (Phi) is 10.1. The summed E-state index contributed by atoms with van der Waals surface area (Å²) in [6.07, 6.45) is 0.748. The third-order valence-corrected chi connectivity index (χ3v) is 8.33. The van der Waals surface area contributed by atoms with Gasteiger partial charge in [0.05, 0.1) is 6.61 Å². The van der Waals surface area contributed by atoms with E-state index >= 15 is 0 Å². The molecule has 0 heterocycles. The van der Waals surface area contributed by atoms with Crippen LogP contribution >= 0.6 is 0 Å². The smallest absolute Gasteiger partial charge is 0.326 e. The Balaban J connectivity index is 1.31. The van der Waals surface area contributed by atoms with Crippen molar-refractivity contribution in [1.82, 2.24) is 0 Å². The second-order valence-electron chi connectivity index (χ2n) is 11.7. The van der Waals surface area contributed by atoms with Crippen LogP contribution in [-0.4, -0.2) is 31.4 Å². The quantitative estimate of drug-likeness (QED) is 0.108. The third-order valence-electron chi connectivity index (χ3n) is 8.33. The number of nitrogens with zero attached hydrogens (tertiary/aromatic N) is 1. The van der Waals surface area contributed by atoms with Crippen molar-refractivity contribution in [3.8, 4) is 11.1 Å². The van der Waals surface area contributed by atoms with Crippen LogP contribution in [0.4, 0.5) is 27.5 Å². The molecule has 7 nitrogen and oxygen atoms in total. The Morgan fingerprint density at radius 2 is 1.45 bits per heavy atom. The highest BCUT2D eigenvalue weighted by atomic mass is 16.5. The molecule has 49 heavy (non-hydrogen) atoms. The van der Waals surface area contributed by atoms with E-state index in [4.69, 9.17) is 4.74 Å².